The topological polar surface area (TPSA) is 97.5 Å². The number of benzene rings is 1. The lowest BCUT2D eigenvalue weighted by Crippen LogP contribution is -2.06. The van der Waals surface area contributed by atoms with Gasteiger partial charge < -0.3 is 5.11 Å². The highest BCUT2D eigenvalue weighted by atomic mass is 79.9. The van der Waals surface area contributed by atoms with E-state index in [1.54, 1.807) is 0 Å². The molecule has 17 heavy (non-hydrogen) atoms. The van der Waals surface area contributed by atoms with Gasteiger partial charge in [0.25, 0.3) is 5.69 Å². The van der Waals surface area contributed by atoms with Gasteiger partial charge in [-0.3, -0.25) is 19.7 Å². The van der Waals surface area contributed by atoms with E-state index in [0.29, 0.717) is 4.47 Å². The van der Waals surface area contributed by atoms with Gasteiger partial charge in [-0.2, -0.15) is 0 Å². The van der Waals surface area contributed by atoms with Crippen molar-refractivity contribution in [2.45, 2.75) is 12.8 Å². The van der Waals surface area contributed by atoms with Gasteiger partial charge >= 0.3 is 5.97 Å². The molecule has 0 aliphatic rings. The Morgan fingerprint density at radius 3 is 2.53 bits per heavy atom. The summed E-state index contributed by atoms with van der Waals surface area (Å²) < 4.78 is 0.485. The number of ketones is 1. The Kier molecular flexibility index (Phi) is 4.33. The molecule has 90 valence electrons. The van der Waals surface area contributed by atoms with Crippen molar-refractivity contribution in [3.05, 3.63) is 38.3 Å². The van der Waals surface area contributed by atoms with Gasteiger partial charge in [-0.05, 0) is 12.1 Å². The number of carboxylic acid groups (broad SMARTS) is 1. The van der Waals surface area contributed by atoms with Crippen LogP contribution < -0.4 is 0 Å². The maximum Gasteiger partial charge on any atom is 0.303 e. The molecule has 0 spiro atoms. The van der Waals surface area contributed by atoms with E-state index in [2.05, 4.69) is 15.9 Å². The molecule has 0 aliphatic heterocycles. The summed E-state index contributed by atoms with van der Waals surface area (Å²) in [6.45, 7) is 0. The Morgan fingerprint density at radius 1 is 1.35 bits per heavy atom. The van der Waals surface area contributed by atoms with Crippen LogP contribution in [0.2, 0.25) is 0 Å². The maximum absolute atomic E-state index is 11.6. The SMILES string of the molecule is O=C(O)CCC(=O)c1ccc(Br)cc1[N+](=O)[O-]. The number of carbonyl (C=O) groups excluding carboxylic acids is 1. The summed E-state index contributed by atoms with van der Waals surface area (Å²) in [7, 11) is 0. The molecule has 0 fully saturated rings. The highest BCUT2D eigenvalue weighted by molar-refractivity contribution is 9.10. The molecule has 0 amide bonds. The molecule has 0 unspecified atom stereocenters. The second-order valence-electron chi connectivity index (χ2n) is 3.24. The van der Waals surface area contributed by atoms with Crippen molar-refractivity contribution in [1.82, 2.24) is 0 Å². The van der Waals surface area contributed by atoms with Crippen LogP contribution in [-0.2, 0) is 4.79 Å². The second-order valence-corrected chi connectivity index (χ2v) is 4.15. The van der Waals surface area contributed by atoms with E-state index in [1.165, 1.54) is 18.2 Å². The van der Waals surface area contributed by atoms with Crippen molar-refractivity contribution in [3.8, 4) is 0 Å². The third kappa shape index (κ3) is 3.63. The van der Waals surface area contributed by atoms with E-state index >= 15 is 0 Å². The number of hydrogen-bond acceptors (Lipinski definition) is 4. The van der Waals surface area contributed by atoms with Crippen LogP contribution in [0.25, 0.3) is 0 Å². The van der Waals surface area contributed by atoms with Crippen molar-refractivity contribution >= 4 is 33.4 Å². The second kappa shape index (κ2) is 5.53. The molecule has 1 aromatic carbocycles. The number of nitro benzene ring substituents is 1. The van der Waals surface area contributed by atoms with Crippen molar-refractivity contribution in [2.75, 3.05) is 0 Å². The van der Waals surface area contributed by atoms with Crippen LogP contribution in [0.5, 0.6) is 0 Å². The van der Waals surface area contributed by atoms with E-state index in [9.17, 15) is 19.7 Å². The molecule has 0 aliphatic carbocycles. The van der Waals surface area contributed by atoms with Gasteiger partial charge in [0.1, 0.15) is 0 Å². The van der Waals surface area contributed by atoms with Gasteiger partial charge in [-0.25, -0.2) is 0 Å². The van der Waals surface area contributed by atoms with Crippen LogP contribution in [0, 0.1) is 10.1 Å². The van der Waals surface area contributed by atoms with Crippen molar-refractivity contribution in [3.63, 3.8) is 0 Å². The van der Waals surface area contributed by atoms with Crippen molar-refractivity contribution in [2.24, 2.45) is 0 Å². The molecule has 0 bridgehead atoms. The summed E-state index contributed by atoms with van der Waals surface area (Å²) in [5.74, 6) is -1.66. The Balaban J connectivity index is 3.00. The third-order valence-electron chi connectivity index (χ3n) is 2.02. The summed E-state index contributed by atoms with van der Waals surface area (Å²) in [4.78, 5) is 32.0. The van der Waals surface area contributed by atoms with Gasteiger partial charge in [-0.1, -0.05) is 15.9 Å². The summed E-state index contributed by atoms with van der Waals surface area (Å²) in [5, 5.41) is 19.2. The Labute approximate surface area is 105 Å². The maximum atomic E-state index is 11.6. The predicted molar refractivity (Wildman–Crippen MR) is 62.0 cm³/mol. The highest BCUT2D eigenvalue weighted by Gasteiger charge is 2.20. The minimum atomic E-state index is -1.11. The third-order valence-corrected chi connectivity index (χ3v) is 2.52. The lowest BCUT2D eigenvalue weighted by molar-refractivity contribution is -0.385. The monoisotopic (exact) mass is 301 g/mol. The van der Waals surface area contributed by atoms with E-state index in [4.69, 9.17) is 5.11 Å². The normalized spacial score (nSPS) is 9.94. The fraction of sp³-hybridized carbons (Fsp3) is 0.200. The average Bonchev–Trinajstić information content (AvgIpc) is 2.25. The predicted octanol–water partition coefficient (Wildman–Crippen LogP) is 2.40. The minimum Gasteiger partial charge on any atom is -0.481 e. The van der Waals surface area contributed by atoms with Crippen molar-refractivity contribution in [1.29, 1.82) is 0 Å². The molecule has 1 aromatic rings. The largest absolute Gasteiger partial charge is 0.481 e. The summed E-state index contributed by atoms with van der Waals surface area (Å²) in [6, 6.07) is 4.03. The number of hydrogen-bond donors (Lipinski definition) is 1. The fourth-order valence-corrected chi connectivity index (χ4v) is 1.60. The molecular formula is C10H8BrNO5. The molecule has 0 saturated carbocycles. The summed E-state index contributed by atoms with van der Waals surface area (Å²) in [6.07, 6.45) is -0.593. The van der Waals surface area contributed by atoms with Crippen LogP contribution in [0.15, 0.2) is 22.7 Å². The van der Waals surface area contributed by atoms with E-state index in [0.717, 1.165) is 0 Å². The molecule has 6 nitrogen and oxygen atoms in total. The molecular weight excluding hydrogens is 294 g/mol. The van der Waals surface area contributed by atoms with Crippen molar-refractivity contribution < 1.29 is 19.6 Å². The van der Waals surface area contributed by atoms with Crippen LogP contribution in [-0.4, -0.2) is 21.8 Å². The zero-order valence-corrected chi connectivity index (χ0v) is 10.1. The number of aliphatic carboxylic acids is 1. The quantitative estimate of drug-likeness (QED) is 0.511. The molecule has 7 heteroatoms. The van der Waals surface area contributed by atoms with Gasteiger partial charge in [0, 0.05) is 17.0 Å². The van der Waals surface area contributed by atoms with E-state index in [1.807, 2.05) is 0 Å². The Morgan fingerprint density at radius 2 is 2.00 bits per heavy atom. The van der Waals surface area contributed by atoms with Gasteiger partial charge in [0.05, 0.1) is 16.9 Å². The van der Waals surface area contributed by atoms with Gasteiger partial charge in [-0.15, -0.1) is 0 Å². The first-order chi connectivity index (χ1) is 7.91. The average molecular weight is 302 g/mol. The first-order valence-corrected chi connectivity index (χ1v) is 5.40. The zero-order valence-electron chi connectivity index (χ0n) is 8.55. The number of carbonyl (C=O) groups is 2. The number of carboxylic acids is 1. The van der Waals surface area contributed by atoms with Crippen LogP contribution >= 0.6 is 15.9 Å². The van der Waals surface area contributed by atoms with Crippen LogP contribution in [0.1, 0.15) is 23.2 Å². The van der Waals surface area contributed by atoms with Crippen LogP contribution in [0.3, 0.4) is 0 Å². The number of Topliss-reactive ketones (excluding diaryl/α,β-unsaturated/α-hetero) is 1. The molecule has 0 aromatic heterocycles. The standard InChI is InChI=1S/C10H8BrNO5/c11-6-1-2-7(8(5-6)12(16)17)9(13)3-4-10(14)15/h1-2,5H,3-4H2,(H,14,15). The highest BCUT2D eigenvalue weighted by Crippen LogP contribution is 2.24. The molecule has 0 atom stereocenters. The summed E-state index contributed by atoms with van der Waals surface area (Å²) >= 11 is 3.07. The number of halogens is 1. The molecule has 1 N–H and O–H groups in total. The lowest BCUT2D eigenvalue weighted by atomic mass is 10.0. The molecule has 0 saturated heterocycles. The van der Waals surface area contributed by atoms with Gasteiger partial charge in [0.2, 0.25) is 0 Å². The first-order valence-electron chi connectivity index (χ1n) is 4.60. The molecule has 1 rings (SSSR count). The molecule has 0 radical (unpaired) electrons. The van der Waals surface area contributed by atoms with Gasteiger partial charge in [0.15, 0.2) is 5.78 Å². The summed E-state index contributed by atoms with van der Waals surface area (Å²) in [5.41, 5.74) is -0.394. The number of nitrogens with zero attached hydrogens (tertiary/aromatic N) is 1. The Bertz CT molecular complexity index is 486. The smallest absolute Gasteiger partial charge is 0.303 e. The molecule has 0 heterocycles. The fourth-order valence-electron chi connectivity index (χ4n) is 1.25. The lowest BCUT2D eigenvalue weighted by Gasteiger charge is -2.01. The first kappa shape index (κ1) is 13.3. The zero-order chi connectivity index (χ0) is 13.0. The number of nitro groups is 1. The number of rotatable bonds is 5. The van der Waals surface area contributed by atoms with Crippen LogP contribution in [0.4, 0.5) is 5.69 Å². The van der Waals surface area contributed by atoms with E-state index in [-0.39, 0.29) is 24.1 Å². The van der Waals surface area contributed by atoms with E-state index < -0.39 is 16.7 Å². The minimum absolute atomic E-state index is 0.0700. The Hall–Kier alpha value is -1.76.